The Morgan fingerprint density at radius 1 is 1.13 bits per heavy atom. The fourth-order valence-electron chi connectivity index (χ4n) is 4.34. The van der Waals surface area contributed by atoms with Gasteiger partial charge in [-0.1, -0.05) is 60.7 Å². The third kappa shape index (κ3) is 3.55. The van der Waals surface area contributed by atoms with E-state index in [0.717, 1.165) is 22.3 Å². The van der Waals surface area contributed by atoms with Gasteiger partial charge in [-0.25, -0.2) is 4.39 Å². The molecule has 0 saturated carbocycles. The first-order valence-electron chi connectivity index (χ1n) is 9.79. The number of allylic oxidation sites excluding steroid dienone is 3. The minimum absolute atomic E-state index is 0.0795. The average Bonchev–Trinajstić information content (AvgIpc) is 3.05. The zero-order chi connectivity index (χ0) is 21.3. The number of benzene rings is 2. The summed E-state index contributed by atoms with van der Waals surface area (Å²) in [6, 6.07) is 14.6. The number of esters is 1. The van der Waals surface area contributed by atoms with E-state index in [-0.39, 0.29) is 25.4 Å². The summed E-state index contributed by atoms with van der Waals surface area (Å²) in [5.74, 6) is -2.56. The molecule has 4 rings (SSSR count). The molecule has 0 fully saturated rings. The maximum Gasteiger partial charge on any atom is 0.320 e. The van der Waals surface area contributed by atoms with Gasteiger partial charge >= 0.3 is 11.9 Å². The van der Waals surface area contributed by atoms with Crippen LogP contribution in [0.4, 0.5) is 4.39 Å². The SMILES string of the molecule is N[C@@H](CC1(C(=O)OCC2c3ccccc3-c3ccccc32)C=CC=C(F)C1)C(=O)O. The summed E-state index contributed by atoms with van der Waals surface area (Å²) >= 11 is 0. The third-order valence-electron chi connectivity index (χ3n) is 5.83. The standard InChI is InChI=1S/C24H22FNO4/c25-15-6-5-11-24(12-15,13-21(26)22(27)28)23(29)30-14-20-18-9-3-1-7-16(18)17-8-2-4-10-19(17)20/h1-11,20-21H,12-14,26H2,(H,27,28)/t21-,24?/m0/s1. The Kier molecular flexibility index (Phi) is 5.26. The van der Waals surface area contributed by atoms with E-state index in [9.17, 15) is 19.1 Å². The molecule has 1 unspecified atom stereocenters. The van der Waals surface area contributed by atoms with Crippen molar-refractivity contribution < 1.29 is 23.8 Å². The van der Waals surface area contributed by atoms with E-state index in [4.69, 9.17) is 10.5 Å². The van der Waals surface area contributed by atoms with Crippen LogP contribution in [0.3, 0.4) is 0 Å². The summed E-state index contributed by atoms with van der Waals surface area (Å²) in [7, 11) is 0. The highest BCUT2D eigenvalue weighted by atomic mass is 19.1. The Bertz CT molecular complexity index is 1020. The summed E-state index contributed by atoms with van der Waals surface area (Å²) in [6.07, 6.45) is 3.66. The Morgan fingerprint density at radius 2 is 1.73 bits per heavy atom. The molecule has 2 atom stereocenters. The van der Waals surface area contributed by atoms with Gasteiger partial charge in [-0.05, 0) is 34.8 Å². The maximum atomic E-state index is 14.0. The lowest BCUT2D eigenvalue weighted by atomic mass is 9.76. The monoisotopic (exact) mass is 407 g/mol. The number of carboxylic acid groups (broad SMARTS) is 1. The molecule has 154 valence electrons. The van der Waals surface area contributed by atoms with Crippen LogP contribution in [-0.2, 0) is 14.3 Å². The zero-order valence-electron chi connectivity index (χ0n) is 16.3. The molecule has 2 aromatic carbocycles. The Morgan fingerprint density at radius 3 is 2.30 bits per heavy atom. The molecule has 0 saturated heterocycles. The van der Waals surface area contributed by atoms with Crippen molar-refractivity contribution in [2.45, 2.75) is 24.8 Å². The number of halogens is 1. The number of carbonyl (C=O) groups is 2. The first-order chi connectivity index (χ1) is 14.4. The second kappa shape index (κ2) is 7.88. The first-order valence-corrected chi connectivity index (χ1v) is 9.79. The van der Waals surface area contributed by atoms with Crippen LogP contribution in [0.5, 0.6) is 0 Å². The van der Waals surface area contributed by atoms with E-state index in [0.29, 0.717) is 0 Å². The van der Waals surface area contributed by atoms with E-state index in [2.05, 4.69) is 0 Å². The molecule has 30 heavy (non-hydrogen) atoms. The highest BCUT2D eigenvalue weighted by Gasteiger charge is 2.43. The van der Waals surface area contributed by atoms with Gasteiger partial charge in [0.05, 0.1) is 5.41 Å². The van der Waals surface area contributed by atoms with Gasteiger partial charge in [0.2, 0.25) is 0 Å². The molecular weight excluding hydrogens is 385 g/mol. The zero-order valence-corrected chi connectivity index (χ0v) is 16.3. The van der Waals surface area contributed by atoms with Crippen LogP contribution >= 0.6 is 0 Å². The summed E-state index contributed by atoms with van der Waals surface area (Å²) in [4.78, 5) is 24.3. The van der Waals surface area contributed by atoms with Gasteiger partial charge in [0.15, 0.2) is 0 Å². The highest BCUT2D eigenvalue weighted by Crippen LogP contribution is 2.45. The summed E-state index contributed by atoms with van der Waals surface area (Å²) in [5.41, 5.74) is 8.57. The van der Waals surface area contributed by atoms with Crippen molar-refractivity contribution in [3.63, 3.8) is 0 Å². The molecule has 2 aliphatic carbocycles. The lowest BCUT2D eigenvalue weighted by Crippen LogP contribution is -2.42. The minimum atomic E-state index is -1.44. The van der Waals surface area contributed by atoms with E-state index in [1.807, 2.05) is 48.5 Å². The molecule has 2 aliphatic rings. The van der Waals surface area contributed by atoms with Crippen molar-refractivity contribution in [3.8, 4) is 11.1 Å². The molecule has 0 aromatic heterocycles. The van der Waals surface area contributed by atoms with Crippen LogP contribution in [0, 0.1) is 5.41 Å². The minimum Gasteiger partial charge on any atom is -0.480 e. The molecule has 0 heterocycles. The van der Waals surface area contributed by atoms with Gasteiger partial charge in [0.25, 0.3) is 0 Å². The van der Waals surface area contributed by atoms with Gasteiger partial charge in [0.1, 0.15) is 18.5 Å². The lowest BCUT2D eigenvalue weighted by Gasteiger charge is -2.31. The fourth-order valence-corrected chi connectivity index (χ4v) is 4.34. The molecule has 3 N–H and O–H groups in total. The van der Waals surface area contributed by atoms with Crippen LogP contribution in [0.1, 0.15) is 29.9 Å². The molecule has 0 radical (unpaired) electrons. The maximum absolute atomic E-state index is 14.0. The Hall–Kier alpha value is -3.25. The number of ether oxygens (including phenoxy) is 1. The second-order valence-electron chi connectivity index (χ2n) is 7.78. The van der Waals surface area contributed by atoms with Crippen molar-refractivity contribution in [1.82, 2.24) is 0 Å². The molecule has 5 nitrogen and oxygen atoms in total. The van der Waals surface area contributed by atoms with Crippen molar-refractivity contribution in [2.75, 3.05) is 6.61 Å². The summed E-state index contributed by atoms with van der Waals surface area (Å²) in [5, 5.41) is 9.19. The van der Waals surface area contributed by atoms with Gasteiger partial charge < -0.3 is 15.6 Å². The molecule has 0 spiro atoms. The number of rotatable bonds is 6. The topological polar surface area (TPSA) is 89.6 Å². The number of hydrogen-bond acceptors (Lipinski definition) is 4. The number of hydrogen-bond donors (Lipinski definition) is 2. The number of nitrogens with two attached hydrogens (primary N) is 1. The molecule has 0 amide bonds. The number of fused-ring (bicyclic) bond motifs is 3. The molecule has 6 heteroatoms. The highest BCUT2D eigenvalue weighted by molar-refractivity contribution is 5.83. The van der Waals surface area contributed by atoms with E-state index in [1.54, 1.807) is 0 Å². The van der Waals surface area contributed by atoms with Crippen molar-refractivity contribution in [2.24, 2.45) is 11.1 Å². The van der Waals surface area contributed by atoms with Crippen molar-refractivity contribution >= 4 is 11.9 Å². The second-order valence-corrected chi connectivity index (χ2v) is 7.78. The van der Waals surface area contributed by atoms with Gasteiger partial charge in [-0.15, -0.1) is 0 Å². The summed E-state index contributed by atoms with van der Waals surface area (Å²) in [6.45, 7) is 0.0795. The van der Waals surface area contributed by atoms with E-state index in [1.165, 1.54) is 18.2 Å². The smallest absolute Gasteiger partial charge is 0.320 e. The predicted molar refractivity (Wildman–Crippen MR) is 110 cm³/mol. The molecule has 0 aliphatic heterocycles. The molecule has 2 aromatic rings. The van der Waals surface area contributed by atoms with E-state index < -0.39 is 29.2 Å². The van der Waals surface area contributed by atoms with Crippen LogP contribution in [-0.4, -0.2) is 29.7 Å². The summed E-state index contributed by atoms with van der Waals surface area (Å²) < 4.78 is 19.7. The Balaban J connectivity index is 1.58. The van der Waals surface area contributed by atoms with Crippen LogP contribution in [0.15, 0.2) is 72.6 Å². The normalized spacial score (nSPS) is 20.8. The van der Waals surface area contributed by atoms with Crippen molar-refractivity contribution in [3.05, 3.63) is 83.7 Å². The number of aliphatic carboxylic acids is 1. The number of carbonyl (C=O) groups excluding carboxylic acids is 1. The van der Waals surface area contributed by atoms with E-state index >= 15 is 0 Å². The van der Waals surface area contributed by atoms with Gasteiger partial charge in [-0.2, -0.15) is 0 Å². The number of carboxylic acids is 1. The van der Waals surface area contributed by atoms with Gasteiger partial charge in [-0.3, -0.25) is 9.59 Å². The molecular formula is C24H22FNO4. The quantitative estimate of drug-likeness (QED) is 0.708. The van der Waals surface area contributed by atoms with Crippen molar-refractivity contribution in [1.29, 1.82) is 0 Å². The van der Waals surface area contributed by atoms with Gasteiger partial charge in [0, 0.05) is 12.3 Å². The Labute approximate surface area is 173 Å². The first kappa shape index (κ1) is 20.0. The predicted octanol–water partition coefficient (Wildman–Crippen LogP) is 3.94. The fraction of sp³-hybridized carbons (Fsp3) is 0.250. The lowest BCUT2D eigenvalue weighted by molar-refractivity contribution is -0.155. The average molecular weight is 407 g/mol. The molecule has 0 bridgehead atoms. The van der Waals surface area contributed by atoms with Crippen LogP contribution in [0.2, 0.25) is 0 Å². The third-order valence-corrected chi connectivity index (χ3v) is 5.83. The largest absolute Gasteiger partial charge is 0.480 e. The van der Waals surface area contributed by atoms with Crippen LogP contribution in [0.25, 0.3) is 11.1 Å². The van der Waals surface area contributed by atoms with Crippen LogP contribution < -0.4 is 5.73 Å².